The van der Waals surface area contributed by atoms with Crippen LogP contribution in [0, 0.1) is 0 Å². The summed E-state index contributed by atoms with van der Waals surface area (Å²) in [5.74, 6) is -0.803. The Labute approximate surface area is 358 Å². The summed E-state index contributed by atoms with van der Waals surface area (Å²) in [7, 11) is 0. The molecule has 0 saturated carbocycles. The van der Waals surface area contributed by atoms with Crippen LogP contribution in [0.3, 0.4) is 0 Å². The number of hydrogen-bond acceptors (Lipinski definition) is 6. The van der Waals surface area contributed by atoms with E-state index in [-0.39, 0.29) is 6.04 Å². The second kappa shape index (κ2) is 15.5. The van der Waals surface area contributed by atoms with Gasteiger partial charge in [-0.05, 0) is 91.5 Å². The topological polar surface area (TPSA) is 55.7 Å². The van der Waals surface area contributed by atoms with Gasteiger partial charge < -0.3 is 14.4 Å². The van der Waals surface area contributed by atoms with Crippen molar-refractivity contribution in [3.63, 3.8) is 0 Å². The number of fused-ring (bicyclic) bond motifs is 3. The maximum atomic E-state index is 7.48. The van der Waals surface area contributed by atoms with Crippen LogP contribution in [0.5, 0.6) is 0 Å². The molecule has 6 heteroatoms. The zero-order valence-corrected chi connectivity index (χ0v) is 35.5. The largest absolute Gasteiger partial charge is 0.422 e. The second-order valence-electron chi connectivity index (χ2n) is 17.4. The van der Waals surface area contributed by atoms with Crippen molar-refractivity contribution >= 4 is 39.2 Å². The van der Waals surface area contributed by atoms with Gasteiger partial charge in [0.05, 0.1) is 18.2 Å². The van der Waals surface area contributed by atoms with Gasteiger partial charge in [0.15, 0.2) is 0 Å². The Morgan fingerprint density at radius 2 is 1.16 bits per heavy atom. The molecule has 10 rings (SSSR count). The van der Waals surface area contributed by atoms with Crippen LogP contribution in [0.1, 0.15) is 97.4 Å². The molecule has 1 saturated heterocycles. The van der Waals surface area contributed by atoms with Crippen molar-refractivity contribution in [2.24, 2.45) is 10.3 Å². The number of nitrogens with zero attached hydrogens (tertiary/aromatic N) is 3. The molecule has 0 N–H and O–H groups in total. The molecule has 3 heterocycles. The lowest BCUT2D eigenvalue weighted by atomic mass is 9.67. The highest BCUT2D eigenvalue weighted by molar-refractivity contribution is 6.09. The van der Waals surface area contributed by atoms with Crippen molar-refractivity contribution < 1.29 is 14.4 Å². The molecule has 3 aliphatic heterocycles. The first kappa shape index (κ1) is 38.7. The van der Waals surface area contributed by atoms with E-state index in [1.165, 1.54) is 16.7 Å². The van der Waals surface area contributed by atoms with E-state index in [1.807, 2.05) is 0 Å². The van der Waals surface area contributed by atoms with Gasteiger partial charge >= 0.3 is 5.79 Å². The normalized spacial score (nSPS) is 22.5. The minimum Gasteiger partial charge on any atom is -0.422 e. The van der Waals surface area contributed by atoms with Crippen molar-refractivity contribution in [2.45, 2.75) is 69.8 Å². The average molecular weight is 802 g/mol. The highest BCUT2D eigenvalue weighted by Gasteiger charge is 2.74. The molecule has 304 valence electrons. The minimum atomic E-state index is -1.53. The first-order valence-corrected chi connectivity index (χ1v) is 21.6. The van der Waals surface area contributed by atoms with Gasteiger partial charge in [-0.3, -0.25) is 4.90 Å². The number of piperidine rings is 1. The summed E-state index contributed by atoms with van der Waals surface area (Å²) in [4.78, 5) is 16.8. The smallest absolute Gasteiger partial charge is 0.346 e. The Hall–Kier alpha value is -6.50. The highest BCUT2D eigenvalue weighted by atomic mass is 16.8. The van der Waals surface area contributed by atoms with Crippen LogP contribution in [-0.4, -0.2) is 41.0 Å². The highest BCUT2D eigenvalue weighted by Crippen LogP contribution is 2.58. The van der Waals surface area contributed by atoms with E-state index in [0.717, 1.165) is 55.1 Å². The summed E-state index contributed by atoms with van der Waals surface area (Å²) in [5.41, 5.74) is 8.14. The van der Waals surface area contributed by atoms with Gasteiger partial charge in [0.2, 0.25) is 5.60 Å². The fourth-order valence-corrected chi connectivity index (χ4v) is 9.65. The molecule has 0 aromatic heterocycles. The Balaban J connectivity index is 1.23. The molecule has 7 aromatic carbocycles. The Kier molecular flexibility index (Phi) is 9.84. The molecule has 0 aliphatic carbocycles. The van der Waals surface area contributed by atoms with Crippen LogP contribution >= 0.6 is 0 Å². The second-order valence-corrected chi connectivity index (χ2v) is 17.4. The van der Waals surface area contributed by atoms with Crippen LogP contribution in [-0.2, 0) is 14.4 Å². The van der Waals surface area contributed by atoms with Crippen LogP contribution < -0.4 is 0 Å². The van der Waals surface area contributed by atoms with Gasteiger partial charge in [0.25, 0.3) is 5.90 Å². The fourth-order valence-electron chi connectivity index (χ4n) is 9.65. The quantitative estimate of drug-likeness (QED) is 0.154. The molecule has 0 unspecified atom stereocenters. The van der Waals surface area contributed by atoms with E-state index >= 15 is 0 Å². The van der Waals surface area contributed by atoms with Gasteiger partial charge in [0.1, 0.15) is 0 Å². The molecular formula is C55H51N3O3. The zero-order chi connectivity index (χ0) is 41.7. The number of hydrogen-bond donors (Lipinski definition) is 0. The Morgan fingerprint density at radius 1 is 0.574 bits per heavy atom. The van der Waals surface area contributed by atoms with Crippen LogP contribution in [0.2, 0.25) is 0 Å². The number of likely N-dealkylation sites (tertiary alicyclic amines) is 1. The monoisotopic (exact) mass is 801 g/mol. The molecule has 3 aliphatic rings. The van der Waals surface area contributed by atoms with E-state index in [2.05, 4.69) is 209 Å². The molecule has 0 radical (unpaired) electrons. The number of oxime groups is 2. The van der Waals surface area contributed by atoms with Crippen LogP contribution in [0.4, 0.5) is 0 Å². The van der Waals surface area contributed by atoms with E-state index in [1.54, 1.807) is 0 Å². The predicted octanol–water partition coefficient (Wildman–Crippen LogP) is 12.8. The van der Waals surface area contributed by atoms with E-state index in [0.29, 0.717) is 30.8 Å². The van der Waals surface area contributed by atoms with Crippen LogP contribution in [0.25, 0.3) is 27.6 Å². The third-order valence-corrected chi connectivity index (χ3v) is 13.2. The average Bonchev–Trinajstić information content (AvgIpc) is 3.92. The SMILES string of the molecule is CC(C)c1ccc(C2=NO[C@@]3(O2)/C(=C/c2cccc4ccccc24)CN([C@H](C)c2ccccc2)C[C@]32ON=C(c3ccc(C(C)C)cc3)[C@H]2c2cccc3ccccc23)cc1. The molecule has 4 atom stereocenters. The van der Waals surface area contributed by atoms with Crippen molar-refractivity contribution in [1.82, 2.24) is 4.90 Å². The molecule has 0 amide bonds. The summed E-state index contributed by atoms with van der Waals surface area (Å²) >= 11 is 0. The molecule has 2 spiro atoms. The lowest BCUT2D eigenvalue weighted by Crippen LogP contribution is -2.69. The third-order valence-electron chi connectivity index (χ3n) is 13.2. The van der Waals surface area contributed by atoms with Gasteiger partial charge in [-0.25, -0.2) is 0 Å². The standard InChI is InChI=1S/C55H51N3O3/c1-36(2)39-25-29-44(30-26-39)52-51(50-24-14-20-43-18-10-12-23-49(43)50)54(60-56-52)35-58(38(5)41-15-7-6-8-16-41)34-47(33-46-21-13-19-42-17-9-11-22-48(42)46)55(54)59-53(57-61-55)45-31-27-40(28-32-45)37(3)4/h6-33,36-38,51H,34-35H2,1-5H3/b47-33+/t38-,51-,54-,55+/m1/s1. The number of rotatable bonds is 8. The van der Waals surface area contributed by atoms with Crippen molar-refractivity contribution in [3.8, 4) is 0 Å². The Morgan fingerprint density at radius 3 is 1.85 bits per heavy atom. The molecule has 0 bridgehead atoms. The summed E-state index contributed by atoms with van der Waals surface area (Å²) in [6, 6.07) is 58.1. The lowest BCUT2D eigenvalue weighted by molar-refractivity contribution is -0.279. The Bertz CT molecular complexity index is 2820. The van der Waals surface area contributed by atoms with Crippen molar-refractivity contribution in [3.05, 3.63) is 208 Å². The molecule has 61 heavy (non-hydrogen) atoms. The maximum absolute atomic E-state index is 7.48. The summed E-state index contributed by atoms with van der Waals surface area (Å²) < 4.78 is 7.48. The van der Waals surface area contributed by atoms with Crippen molar-refractivity contribution in [1.29, 1.82) is 0 Å². The van der Waals surface area contributed by atoms with Gasteiger partial charge in [0, 0.05) is 29.3 Å². The van der Waals surface area contributed by atoms with Crippen molar-refractivity contribution in [2.75, 3.05) is 13.1 Å². The predicted molar refractivity (Wildman–Crippen MR) is 248 cm³/mol. The third kappa shape index (κ3) is 6.61. The van der Waals surface area contributed by atoms with Gasteiger partial charge in [-0.15, -0.1) is 0 Å². The first-order chi connectivity index (χ1) is 29.7. The summed E-state index contributed by atoms with van der Waals surface area (Å²) in [6.45, 7) is 12.1. The van der Waals surface area contributed by atoms with Gasteiger partial charge in [-0.2, -0.15) is 0 Å². The van der Waals surface area contributed by atoms with E-state index in [4.69, 9.17) is 24.7 Å². The van der Waals surface area contributed by atoms with Gasteiger partial charge in [-0.1, -0.05) is 185 Å². The van der Waals surface area contributed by atoms with E-state index < -0.39 is 17.3 Å². The fraction of sp³-hybridized carbons (Fsp3) is 0.236. The van der Waals surface area contributed by atoms with Crippen LogP contribution in [0.15, 0.2) is 180 Å². The molecule has 7 aromatic rings. The summed E-state index contributed by atoms with van der Waals surface area (Å²) in [6.07, 6.45) is 2.26. The molecular weight excluding hydrogens is 751 g/mol. The maximum Gasteiger partial charge on any atom is 0.346 e. The zero-order valence-electron chi connectivity index (χ0n) is 35.5. The minimum absolute atomic E-state index is 0.00264. The summed E-state index contributed by atoms with van der Waals surface area (Å²) in [5, 5.41) is 14.6. The first-order valence-electron chi connectivity index (χ1n) is 21.6. The molecule has 1 fully saturated rings. The van der Waals surface area contributed by atoms with E-state index in [9.17, 15) is 0 Å². The molecule has 6 nitrogen and oxygen atoms in total. The number of ether oxygens (including phenoxy) is 1. The number of benzene rings is 7. The lowest BCUT2D eigenvalue weighted by Gasteiger charge is -2.52.